The molecule has 0 spiro atoms. The zero-order valence-electron chi connectivity index (χ0n) is 15.8. The van der Waals surface area contributed by atoms with Gasteiger partial charge >= 0.3 is 0 Å². The maximum atomic E-state index is 13.2. The van der Waals surface area contributed by atoms with Crippen molar-refractivity contribution in [1.82, 2.24) is 19.9 Å². The molecule has 2 aromatic heterocycles. The molecule has 2 aliphatic rings. The smallest absolute Gasteiger partial charge is 0.238 e. The molecule has 1 amide bonds. The van der Waals surface area contributed by atoms with Gasteiger partial charge in [0.15, 0.2) is 5.82 Å². The number of hydrogen-bond donors (Lipinski definition) is 0. The molecular formula is C20H21N5OS. The molecule has 4 rings (SSSR count). The number of thioether (sulfide) groups is 1. The summed E-state index contributed by atoms with van der Waals surface area (Å²) in [6.45, 7) is 5.88. The fourth-order valence-corrected chi connectivity index (χ4v) is 3.95. The van der Waals surface area contributed by atoms with Crippen LogP contribution in [0.1, 0.15) is 31.7 Å². The third-order valence-corrected chi connectivity index (χ3v) is 5.91. The van der Waals surface area contributed by atoms with Crippen LogP contribution in [0.4, 0.5) is 5.82 Å². The number of nitrogens with zero attached hydrogens (tertiary/aromatic N) is 5. The highest BCUT2D eigenvalue weighted by Crippen LogP contribution is 2.50. The zero-order valence-corrected chi connectivity index (χ0v) is 16.6. The minimum Gasteiger partial charge on any atom is -0.273 e. The topological polar surface area (TPSA) is 71.9 Å². The predicted molar refractivity (Wildman–Crippen MR) is 106 cm³/mol. The van der Waals surface area contributed by atoms with Crippen LogP contribution in [0.2, 0.25) is 0 Å². The molecule has 0 bridgehead atoms. The number of anilines is 1. The van der Waals surface area contributed by atoms with E-state index in [0.717, 1.165) is 34.1 Å². The number of amides is 1. The van der Waals surface area contributed by atoms with E-state index in [1.165, 1.54) is 11.8 Å². The Morgan fingerprint density at radius 1 is 1.11 bits per heavy atom. The van der Waals surface area contributed by atoms with Crippen LogP contribution < -0.4 is 4.90 Å². The highest BCUT2D eigenvalue weighted by molar-refractivity contribution is 7.98. The molecule has 138 valence electrons. The molecule has 3 heterocycles. The van der Waals surface area contributed by atoms with Crippen molar-refractivity contribution in [3.05, 3.63) is 54.0 Å². The number of aryl methyl sites for hydroxylation is 1. The van der Waals surface area contributed by atoms with Gasteiger partial charge in [-0.3, -0.25) is 9.69 Å². The van der Waals surface area contributed by atoms with Crippen molar-refractivity contribution in [2.75, 3.05) is 11.2 Å². The first-order valence-corrected chi connectivity index (χ1v) is 10.1. The van der Waals surface area contributed by atoms with E-state index in [2.05, 4.69) is 32.1 Å². The van der Waals surface area contributed by atoms with E-state index in [9.17, 15) is 4.79 Å². The van der Waals surface area contributed by atoms with Gasteiger partial charge in [-0.1, -0.05) is 19.9 Å². The van der Waals surface area contributed by atoms with Gasteiger partial charge in [0.25, 0.3) is 0 Å². The Morgan fingerprint density at radius 3 is 2.48 bits per heavy atom. The molecule has 0 saturated carbocycles. The van der Waals surface area contributed by atoms with Crippen LogP contribution in [-0.4, -0.2) is 32.1 Å². The number of rotatable bonds is 3. The van der Waals surface area contributed by atoms with Crippen molar-refractivity contribution in [1.29, 1.82) is 0 Å². The second kappa shape index (κ2) is 6.56. The van der Waals surface area contributed by atoms with Gasteiger partial charge in [-0.15, -0.1) is 11.8 Å². The van der Waals surface area contributed by atoms with Crippen molar-refractivity contribution in [2.24, 2.45) is 11.3 Å². The van der Waals surface area contributed by atoms with Gasteiger partial charge in [0.1, 0.15) is 10.9 Å². The normalized spacial score (nSPS) is 21.0. The third-order valence-electron chi connectivity index (χ3n) is 5.28. The summed E-state index contributed by atoms with van der Waals surface area (Å²) in [7, 11) is 0. The van der Waals surface area contributed by atoms with Crippen molar-refractivity contribution < 1.29 is 4.79 Å². The molecule has 1 saturated heterocycles. The lowest BCUT2D eigenvalue weighted by molar-refractivity contribution is -0.125. The summed E-state index contributed by atoms with van der Waals surface area (Å²) in [6.07, 6.45) is 14.0. The number of allylic oxidation sites excluding steroid dienone is 4. The number of hydrogen-bond acceptors (Lipinski definition) is 6. The summed E-state index contributed by atoms with van der Waals surface area (Å²) >= 11 is 1.53. The molecule has 1 aliphatic heterocycles. The van der Waals surface area contributed by atoms with Crippen LogP contribution in [0.15, 0.2) is 47.7 Å². The van der Waals surface area contributed by atoms with Crippen LogP contribution in [0.25, 0.3) is 5.57 Å². The minimum atomic E-state index is -0.489. The lowest BCUT2D eigenvalue weighted by Crippen LogP contribution is -2.31. The highest BCUT2D eigenvalue weighted by atomic mass is 32.2. The van der Waals surface area contributed by atoms with E-state index >= 15 is 0 Å². The Labute approximate surface area is 162 Å². The quantitative estimate of drug-likeness (QED) is 0.758. The van der Waals surface area contributed by atoms with Crippen LogP contribution in [0.5, 0.6) is 0 Å². The second-order valence-corrected chi connectivity index (χ2v) is 8.14. The van der Waals surface area contributed by atoms with Gasteiger partial charge in [0.2, 0.25) is 5.91 Å². The average molecular weight is 379 g/mol. The van der Waals surface area contributed by atoms with Gasteiger partial charge in [0, 0.05) is 29.6 Å². The zero-order chi connectivity index (χ0) is 19.2. The summed E-state index contributed by atoms with van der Waals surface area (Å²) in [5.41, 5.74) is 2.46. The second-order valence-electron chi connectivity index (χ2n) is 7.32. The maximum absolute atomic E-state index is 13.2. The van der Waals surface area contributed by atoms with Crippen LogP contribution in [0, 0.1) is 18.3 Å². The van der Waals surface area contributed by atoms with Crippen molar-refractivity contribution >= 4 is 29.1 Å². The molecule has 2 aromatic rings. The Balaban J connectivity index is 1.77. The fraction of sp³-hybridized carbons (Fsp3) is 0.350. The standard InChI is InChI=1S/C20H21N5OS/c1-12-21-8-14(9-22-12)13-5-6-15-16(7-13)25(19(26)20(15,2)3)17-10-24-18(27-4)11-23-17/h5,7-11,15H,6H2,1-4H3. The van der Waals surface area contributed by atoms with E-state index in [-0.39, 0.29) is 11.8 Å². The number of fused-ring (bicyclic) bond motifs is 1. The Kier molecular flexibility index (Phi) is 4.34. The summed E-state index contributed by atoms with van der Waals surface area (Å²) in [5.74, 6) is 1.48. The molecule has 1 aliphatic carbocycles. The highest BCUT2D eigenvalue weighted by Gasteiger charge is 2.51. The molecule has 0 aromatic carbocycles. The SMILES string of the molecule is CSc1cnc(N2C(=O)C(C)(C)C3CC=C(c4cnc(C)nc4)C=C32)cn1. The fourth-order valence-electron chi connectivity index (χ4n) is 3.63. The maximum Gasteiger partial charge on any atom is 0.238 e. The third kappa shape index (κ3) is 2.96. The van der Waals surface area contributed by atoms with Crippen molar-refractivity contribution in [3.8, 4) is 0 Å². The molecule has 0 N–H and O–H groups in total. The van der Waals surface area contributed by atoms with Crippen LogP contribution >= 0.6 is 11.8 Å². The summed E-state index contributed by atoms with van der Waals surface area (Å²) in [5, 5.41) is 0.830. The van der Waals surface area contributed by atoms with Crippen molar-refractivity contribution in [3.63, 3.8) is 0 Å². The molecular weight excluding hydrogens is 358 g/mol. The number of aromatic nitrogens is 4. The lowest BCUT2D eigenvalue weighted by atomic mass is 9.75. The first-order valence-electron chi connectivity index (χ1n) is 8.83. The van der Waals surface area contributed by atoms with Crippen molar-refractivity contribution in [2.45, 2.75) is 32.2 Å². The first-order chi connectivity index (χ1) is 12.9. The van der Waals surface area contributed by atoms with Gasteiger partial charge in [-0.05, 0) is 31.2 Å². The minimum absolute atomic E-state index is 0.0553. The Morgan fingerprint density at radius 2 is 1.85 bits per heavy atom. The summed E-state index contributed by atoms with van der Waals surface area (Å²) in [6, 6.07) is 0. The van der Waals surface area contributed by atoms with E-state index in [4.69, 9.17) is 0 Å². The average Bonchev–Trinajstić information content (AvgIpc) is 2.88. The van der Waals surface area contributed by atoms with Crippen LogP contribution in [-0.2, 0) is 4.79 Å². The van der Waals surface area contributed by atoms with E-state index in [1.54, 1.807) is 17.3 Å². The van der Waals surface area contributed by atoms with E-state index < -0.39 is 5.41 Å². The van der Waals surface area contributed by atoms with Gasteiger partial charge in [0.05, 0.1) is 17.8 Å². The monoisotopic (exact) mass is 379 g/mol. The summed E-state index contributed by atoms with van der Waals surface area (Å²) < 4.78 is 0. The van der Waals surface area contributed by atoms with Gasteiger partial charge < -0.3 is 0 Å². The van der Waals surface area contributed by atoms with E-state index in [0.29, 0.717) is 5.82 Å². The van der Waals surface area contributed by atoms with Crippen LogP contribution in [0.3, 0.4) is 0 Å². The largest absolute Gasteiger partial charge is 0.273 e. The molecule has 1 fully saturated rings. The molecule has 0 radical (unpaired) electrons. The molecule has 1 atom stereocenters. The Bertz CT molecular complexity index is 947. The number of carbonyl (C=O) groups is 1. The summed E-state index contributed by atoms with van der Waals surface area (Å²) in [4.78, 5) is 32.4. The lowest BCUT2D eigenvalue weighted by Gasteiger charge is -2.25. The van der Waals surface area contributed by atoms with Gasteiger partial charge in [-0.2, -0.15) is 0 Å². The molecule has 7 heteroatoms. The molecule has 27 heavy (non-hydrogen) atoms. The Hall–Kier alpha value is -2.54. The van der Waals surface area contributed by atoms with Gasteiger partial charge in [-0.25, -0.2) is 19.9 Å². The predicted octanol–water partition coefficient (Wildman–Crippen LogP) is 3.66. The first kappa shape index (κ1) is 17.9. The van der Waals surface area contributed by atoms with E-state index in [1.807, 2.05) is 39.4 Å². The molecule has 1 unspecified atom stereocenters. The molecule has 6 nitrogen and oxygen atoms in total. The number of carbonyl (C=O) groups excluding carboxylic acids is 1.